The number of aryl methyl sites for hydroxylation is 4. The predicted molar refractivity (Wildman–Crippen MR) is 104 cm³/mol. The van der Waals surface area contributed by atoms with Gasteiger partial charge in [0.25, 0.3) is 5.91 Å². The number of nitrogens with zero attached hydrogens (tertiary/aromatic N) is 6. The van der Waals surface area contributed by atoms with Crippen molar-refractivity contribution in [1.82, 2.24) is 34.8 Å². The minimum atomic E-state index is -0.242. The first-order valence-corrected chi connectivity index (χ1v) is 8.86. The van der Waals surface area contributed by atoms with E-state index in [1.165, 1.54) is 11.8 Å². The van der Waals surface area contributed by atoms with Gasteiger partial charge in [0.15, 0.2) is 5.82 Å². The van der Waals surface area contributed by atoms with Gasteiger partial charge in [-0.25, -0.2) is 14.6 Å². The third-order valence-electron chi connectivity index (χ3n) is 4.00. The summed E-state index contributed by atoms with van der Waals surface area (Å²) in [6.07, 6.45) is 1.62. The molecule has 0 unspecified atom stereocenters. The number of methoxy groups -OCH3 is 1. The molecule has 28 heavy (non-hydrogen) atoms. The van der Waals surface area contributed by atoms with Gasteiger partial charge in [-0.2, -0.15) is 5.10 Å². The summed E-state index contributed by atoms with van der Waals surface area (Å²) in [7, 11) is 3.22. The van der Waals surface area contributed by atoms with Crippen LogP contribution in [-0.4, -0.2) is 55.6 Å². The largest absolute Gasteiger partial charge is 0.479 e. The van der Waals surface area contributed by atoms with Gasteiger partial charge in [-0.1, -0.05) is 0 Å². The number of rotatable bonds is 7. The van der Waals surface area contributed by atoms with Crippen molar-refractivity contribution in [2.75, 3.05) is 25.5 Å². The summed E-state index contributed by atoms with van der Waals surface area (Å²) in [5.41, 5.74) is 2.32. The molecule has 148 valence electrons. The van der Waals surface area contributed by atoms with Gasteiger partial charge < -0.3 is 15.4 Å². The standard InChI is InChI=1S/C18H24N8O2/c1-11-8-12(2)26(23-11)16-9-15(21-13(3)22-16)19-6-7-20-17(27)14-10-25(4)24-18(14)28-5/h8-10H,6-7H2,1-5H3,(H,20,27)(H,19,21,22). The third-order valence-corrected chi connectivity index (χ3v) is 4.00. The molecule has 0 fully saturated rings. The maximum atomic E-state index is 12.3. The van der Waals surface area contributed by atoms with E-state index >= 15 is 0 Å². The van der Waals surface area contributed by atoms with Gasteiger partial charge >= 0.3 is 0 Å². The molecule has 0 aliphatic carbocycles. The van der Waals surface area contributed by atoms with Crippen molar-refractivity contribution in [2.45, 2.75) is 20.8 Å². The normalized spacial score (nSPS) is 10.8. The van der Waals surface area contributed by atoms with Crippen LogP contribution in [0, 0.1) is 20.8 Å². The lowest BCUT2D eigenvalue weighted by molar-refractivity contribution is 0.0952. The molecule has 3 aromatic rings. The number of carbonyl (C=O) groups excluding carboxylic acids is 1. The highest BCUT2D eigenvalue weighted by atomic mass is 16.5. The van der Waals surface area contributed by atoms with Crippen LogP contribution in [0.1, 0.15) is 27.6 Å². The van der Waals surface area contributed by atoms with E-state index in [1.807, 2.05) is 32.9 Å². The zero-order valence-electron chi connectivity index (χ0n) is 16.6. The smallest absolute Gasteiger partial charge is 0.258 e. The summed E-state index contributed by atoms with van der Waals surface area (Å²) in [5, 5.41) is 14.6. The summed E-state index contributed by atoms with van der Waals surface area (Å²) in [5.74, 6) is 2.06. The van der Waals surface area contributed by atoms with Crippen molar-refractivity contribution in [2.24, 2.45) is 7.05 Å². The van der Waals surface area contributed by atoms with Gasteiger partial charge in [0.2, 0.25) is 5.88 Å². The molecular formula is C18H24N8O2. The summed E-state index contributed by atoms with van der Waals surface area (Å²) in [6.45, 7) is 6.66. The average molecular weight is 384 g/mol. The lowest BCUT2D eigenvalue weighted by atomic mass is 10.3. The maximum Gasteiger partial charge on any atom is 0.258 e. The fourth-order valence-electron chi connectivity index (χ4n) is 2.85. The Hall–Kier alpha value is -3.43. The molecule has 0 atom stereocenters. The van der Waals surface area contributed by atoms with Crippen molar-refractivity contribution in [3.05, 3.63) is 41.1 Å². The molecule has 0 bridgehead atoms. The van der Waals surface area contributed by atoms with E-state index in [9.17, 15) is 4.79 Å². The number of hydrogen-bond acceptors (Lipinski definition) is 7. The number of hydrogen-bond donors (Lipinski definition) is 2. The van der Waals surface area contributed by atoms with Crippen molar-refractivity contribution in [1.29, 1.82) is 0 Å². The molecule has 1 amide bonds. The number of anilines is 1. The summed E-state index contributed by atoms with van der Waals surface area (Å²) >= 11 is 0. The Morgan fingerprint density at radius 1 is 1.14 bits per heavy atom. The minimum Gasteiger partial charge on any atom is -0.479 e. The molecule has 0 saturated heterocycles. The Morgan fingerprint density at radius 3 is 2.61 bits per heavy atom. The van der Waals surface area contributed by atoms with Crippen molar-refractivity contribution in [3.63, 3.8) is 0 Å². The van der Waals surface area contributed by atoms with Crippen molar-refractivity contribution >= 4 is 11.7 Å². The molecule has 2 N–H and O–H groups in total. The Kier molecular flexibility index (Phi) is 5.57. The number of amides is 1. The second-order valence-electron chi connectivity index (χ2n) is 6.41. The Labute approximate surface area is 162 Å². The molecule has 10 nitrogen and oxygen atoms in total. The highest BCUT2D eigenvalue weighted by molar-refractivity contribution is 5.96. The molecule has 0 saturated carbocycles. The van der Waals surface area contributed by atoms with Crippen LogP contribution in [0.3, 0.4) is 0 Å². The molecule has 3 aromatic heterocycles. The second kappa shape index (κ2) is 8.07. The van der Waals surface area contributed by atoms with Crippen LogP contribution in [0.15, 0.2) is 18.3 Å². The first-order chi connectivity index (χ1) is 13.4. The van der Waals surface area contributed by atoms with E-state index in [2.05, 4.69) is 30.8 Å². The van der Waals surface area contributed by atoms with Gasteiger partial charge in [-0.3, -0.25) is 9.48 Å². The van der Waals surface area contributed by atoms with E-state index in [4.69, 9.17) is 4.74 Å². The van der Waals surface area contributed by atoms with Crippen molar-refractivity contribution < 1.29 is 9.53 Å². The highest BCUT2D eigenvalue weighted by Gasteiger charge is 2.15. The first kappa shape index (κ1) is 19.3. The van der Waals surface area contributed by atoms with Crippen LogP contribution in [0.2, 0.25) is 0 Å². The van der Waals surface area contributed by atoms with Gasteiger partial charge in [0, 0.05) is 38.1 Å². The molecule has 0 aromatic carbocycles. The van der Waals surface area contributed by atoms with Crippen LogP contribution in [0.4, 0.5) is 5.82 Å². The topological polar surface area (TPSA) is 112 Å². The zero-order chi connectivity index (χ0) is 20.3. The minimum absolute atomic E-state index is 0.242. The number of nitrogens with one attached hydrogen (secondary N) is 2. The average Bonchev–Trinajstić information content (AvgIpc) is 3.19. The van der Waals surface area contributed by atoms with Crippen LogP contribution < -0.4 is 15.4 Å². The summed E-state index contributed by atoms with van der Waals surface area (Å²) < 4.78 is 8.43. The molecule has 3 rings (SSSR count). The zero-order valence-corrected chi connectivity index (χ0v) is 16.6. The van der Waals surface area contributed by atoms with E-state index in [0.29, 0.717) is 42.0 Å². The monoisotopic (exact) mass is 384 g/mol. The number of carbonyl (C=O) groups is 1. The fraction of sp³-hybridized carbons (Fsp3) is 0.389. The van der Waals surface area contributed by atoms with Crippen LogP contribution in [0.5, 0.6) is 5.88 Å². The van der Waals surface area contributed by atoms with Crippen molar-refractivity contribution in [3.8, 4) is 11.7 Å². The van der Waals surface area contributed by atoms with E-state index in [1.54, 1.807) is 17.9 Å². The Bertz CT molecular complexity index is 992. The second-order valence-corrected chi connectivity index (χ2v) is 6.41. The quantitative estimate of drug-likeness (QED) is 0.588. The molecular weight excluding hydrogens is 360 g/mol. The highest BCUT2D eigenvalue weighted by Crippen LogP contribution is 2.15. The third kappa shape index (κ3) is 4.27. The molecule has 0 aliphatic rings. The van der Waals surface area contributed by atoms with Crippen LogP contribution in [-0.2, 0) is 7.05 Å². The van der Waals surface area contributed by atoms with Crippen LogP contribution in [0.25, 0.3) is 5.82 Å². The molecule has 0 aliphatic heterocycles. The van der Waals surface area contributed by atoms with E-state index in [0.717, 1.165) is 11.4 Å². The molecule has 10 heteroatoms. The van der Waals surface area contributed by atoms with Crippen LogP contribution >= 0.6 is 0 Å². The Morgan fingerprint density at radius 2 is 1.93 bits per heavy atom. The summed E-state index contributed by atoms with van der Waals surface area (Å²) in [4.78, 5) is 21.1. The maximum absolute atomic E-state index is 12.3. The molecule has 0 radical (unpaired) electrons. The lowest BCUT2D eigenvalue weighted by Crippen LogP contribution is -2.29. The first-order valence-electron chi connectivity index (χ1n) is 8.86. The summed E-state index contributed by atoms with van der Waals surface area (Å²) in [6, 6.07) is 3.82. The number of ether oxygens (including phenoxy) is 1. The molecule has 3 heterocycles. The number of aromatic nitrogens is 6. The van der Waals surface area contributed by atoms with E-state index in [-0.39, 0.29) is 5.91 Å². The predicted octanol–water partition coefficient (Wildman–Crippen LogP) is 1.17. The van der Waals surface area contributed by atoms with E-state index < -0.39 is 0 Å². The van der Waals surface area contributed by atoms with Gasteiger partial charge in [-0.05, 0) is 26.8 Å². The van der Waals surface area contributed by atoms with Gasteiger partial charge in [-0.15, -0.1) is 5.10 Å². The Balaban J connectivity index is 1.60. The SMILES string of the molecule is COc1nn(C)cc1C(=O)NCCNc1cc(-n2nc(C)cc2C)nc(C)n1. The lowest BCUT2D eigenvalue weighted by Gasteiger charge is -2.10. The molecule has 0 spiro atoms. The van der Waals surface area contributed by atoms with Gasteiger partial charge in [0.05, 0.1) is 12.8 Å². The van der Waals surface area contributed by atoms with Gasteiger partial charge in [0.1, 0.15) is 17.2 Å². The fourth-order valence-corrected chi connectivity index (χ4v) is 2.85.